The van der Waals surface area contributed by atoms with Crippen molar-refractivity contribution < 1.29 is 29.0 Å². The molecule has 3 aliphatic rings. The number of ether oxygens (including phenoxy) is 2. The quantitative estimate of drug-likeness (QED) is 0.431. The minimum absolute atomic E-state index is 0.181. The average molecular weight is 536 g/mol. The first-order chi connectivity index (χ1) is 18.8. The third kappa shape index (κ3) is 4.89. The van der Waals surface area contributed by atoms with Gasteiger partial charge in [-0.3, -0.25) is 14.4 Å². The number of fused-ring (bicyclic) bond motifs is 1. The molecule has 6 atom stereocenters. The molecule has 3 fully saturated rings. The van der Waals surface area contributed by atoms with Gasteiger partial charge in [0.05, 0.1) is 37.7 Å². The van der Waals surface area contributed by atoms with Crippen LogP contribution in [0.25, 0.3) is 0 Å². The summed E-state index contributed by atoms with van der Waals surface area (Å²) in [7, 11) is 1.57. The second-order valence-electron chi connectivity index (χ2n) is 11.2. The van der Waals surface area contributed by atoms with E-state index in [1.807, 2.05) is 44.2 Å². The Kier molecular flexibility index (Phi) is 7.64. The molecule has 1 spiro atoms. The van der Waals surface area contributed by atoms with Crippen molar-refractivity contribution in [2.45, 2.75) is 63.4 Å². The Morgan fingerprint density at radius 2 is 1.85 bits per heavy atom. The number of hydrogen-bond donors (Lipinski definition) is 3. The summed E-state index contributed by atoms with van der Waals surface area (Å²) in [6.45, 7) is 4.08. The molecule has 0 aliphatic carbocycles. The Morgan fingerprint density at radius 3 is 2.49 bits per heavy atom. The lowest BCUT2D eigenvalue weighted by atomic mass is 9.70. The van der Waals surface area contributed by atoms with E-state index in [0.717, 1.165) is 5.56 Å². The van der Waals surface area contributed by atoms with Crippen molar-refractivity contribution in [3.63, 3.8) is 0 Å². The van der Waals surface area contributed by atoms with Gasteiger partial charge in [0.2, 0.25) is 17.7 Å². The van der Waals surface area contributed by atoms with Crippen molar-refractivity contribution in [1.29, 1.82) is 0 Å². The van der Waals surface area contributed by atoms with E-state index in [4.69, 9.17) is 9.47 Å². The van der Waals surface area contributed by atoms with E-state index in [0.29, 0.717) is 37.2 Å². The predicted molar refractivity (Wildman–Crippen MR) is 145 cm³/mol. The normalized spacial score (nSPS) is 27.9. The highest BCUT2D eigenvalue weighted by Crippen LogP contribution is 2.59. The Bertz CT molecular complexity index is 1200. The fourth-order valence-corrected chi connectivity index (χ4v) is 6.69. The number of aliphatic hydroxyl groups is 1. The van der Waals surface area contributed by atoms with E-state index in [1.165, 1.54) is 4.90 Å². The van der Waals surface area contributed by atoms with Crippen LogP contribution in [0.15, 0.2) is 54.6 Å². The van der Waals surface area contributed by atoms with Gasteiger partial charge in [-0.2, -0.15) is 0 Å². The second-order valence-corrected chi connectivity index (χ2v) is 11.2. The Morgan fingerprint density at radius 1 is 1.13 bits per heavy atom. The lowest BCUT2D eigenvalue weighted by molar-refractivity contribution is -0.144. The zero-order chi connectivity index (χ0) is 27.7. The van der Waals surface area contributed by atoms with Crippen LogP contribution in [0.2, 0.25) is 0 Å². The molecule has 208 valence electrons. The van der Waals surface area contributed by atoms with Crippen LogP contribution in [0.5, 0.6) is 5.75 Å². The number of carbonyl (C=O) groups is 3. The first-order valence-corrected chi connectivity index (χ1v) is 13.7. The lowest BCUT2D eigenvalue weighted by Gasteiger charge is -2.37. The Hall–Kier alpha value is -3.43. The molecule has 9 nitrogen and oxygen atoms in total. The van der Waals surface area contributed by atoms with Gasteiger partial charge in [0, 0.05) is 12.2 Å². The second kappa shape index (κ2) is 11.0. The van der Waals surface area contributed by atoms with Crippen LogP contribution >= 0.6 is 0 Å². The molecule has 3 saturated heterocycles. The molecule has 0 radical (unpaired) electrons. The zero-order valence-corrected chi connectivity index (χ0v) is 22.6. The number of likely N-dealkylation sites (tertiary alicyclic amines) is 1. The molecule has 3 amide bonds. The SMILES string of the molecule is COc1ccc(NC(=O)C2N([C@@H](CO)CC(C)C)C(=O)[C@@H]3[C@H](C(=O)NCc4ccccc4)[C@@H]4CCC23O4)cc1. The standard InChI is InChI=1S/C30H37N3O6/c1-18(2)15-21(17-34)33-26(28(36)32-20-9-11-22(38-3)12-10-20)30-14-13-23(39-30)24(25(30)29(33)37)27(35)31-16-19-7-5-4-6-8-19/h4-12,18,21,23-26,34H,13-17H2,1-3H3,(H,31,35)(H,32,36)/t21-,23+,24-,25+,26?,30?/m1/s1. The molecule has 3 aliphatic heterocycles. The van der Waals surface area contributed by atoms with E-state index in [2.05, 4.69) is 10.6 Å². The van der Waals surface area contributed by atoms with E-state index < -0.39 is 35.6 Å². The Balaban J connectivity index is 1.45. The van der Waals surface area contributed by atoms with Crippen molar-refractivity contribution >= 4 is 23.4 Å². The van der Waals surface area contributed by atoms with Crippen LogP contribution < -0.4 is 15.4 Å². The number of benzene rings is 2. The van der Waals surface area contributed by atoms with Gasteiger partial charge in [-0.1, -0.05) is 44.2 Å². The van der Waals surface area contributed by atoms with Gasteiger partial charge in [-0.25, -0.2) is 0 Å². The number of methoxy groups -OCH3 is 1. The van der Waals surface area contributed by atoms with Gasteiger partial charge in [0.25, 0.3) is 0 Å². The van der Waals surface area contributed by atoms with E-state index >= 15 is 0 Å². The molecule has 0 aromatic heterocycles. The highest BCUT2D eigenvalue weighted by Gasteiger charge is 2.75. The van der Waals surface area contributed by atoms with Crippen LogP contribution in [0.1, 0.15) is 38.7 Å². The van der Waals surface area contributed by atoms with Crippen LogP contribution in [0, 0.1) is 17.8 Å². The van der Waals surface area contributed by atoms with Gasteiger partial charge >= 0.3 is 0 Å². The van der Waals surface area contributed by atoms with Crippen molar-refractivity contribution in [2.24, 2.45) is 17.8 Å². The van der Waals surface area contributed by atoms with Crippen molar-refractivity contribution in [3.8, 4) is 5.75 Å². The van der Waals surface area contributed by atoms with Crippen molar-refractivity contribution in [2.75, 3.05) is 19.0 Å². The maximum absolute atomic E-state index is 14.2. The molecular formula is C30H37N3O6. The number of rotatable bonds is 10. The number of aliphatic hydroxyl groups excluding tert-OH is 1. The molecule has 3 heterocycles. The van der Waals surface area contributed by atoms with Crippen molar-refractivity contribution in [1.82, 2.24) is 10.2 Å². The van der Waals surface area contributed by atoms with Gasteiger partial charge < -0.3 is 30.1 Å². The van der Waals surface area contributed by atoms with Crippen molar-refractivity contribution in [3.05, 3.63) is 60.2 Å². The van der Waals surface area contributed by atoms with Gasteiger partial charge in [-0.05, 0) is 55.0 Å². The predicted octanol–water partition coefficient (Wildman–Crippen LogP) is 2.73. The summed E-state index contributed by atoms with van der Waals surface area (Å²) in [4.78, 5) is 43.1. The highest BCUT2D eigenvalue weighted by atomic mass is 16.5. The lowest BCUT2D eigenvalue weighted by Crippen LogP contribution is -2.56. The monoisotopic (exact) mass is 535 g/mol. The third-order valence-electron chi connectivity index (χ3n) is 8.30. The van der Waals surface area contributed by atoms with Crippen LogP contribution in [0.4, 0.5) is 5.69 Å². The van der Waals surface area contributed by atoms with Gasteiger partial charge in [0.1, 0.15) is 17.4 Å². The van der Waals surface area contributed by atoms with E-state index in [-0.39, 0.29) is 30.2 Å². The zero-order valence-electron chi connectivity index (χ0n) is 22.6. The number of anilines is 1. The minimum Gasteiger partial charge on any atom is -0.497 e. The van der Waals surface area contributed by atoms with Gasteiger partial charge in [0.15, 0.2) is 0 Å². The molecule has 0 saturated carbocycles. The molecule has 3 N–H and O–H groups in total. The summed E-state index contributed by atoms with van der Waals surface area (Å²) in [5.41, 5.74) is 0.387. The number of hydrogen-bond acceptors (Lipinski definition) is 6. The van der Waals surface area contributed by atoms with E-state index in [9.17, 15) is 19.5 Å². The maximum Gasteiger partial charge on any atom is 0.250 e. The number of nitrogens with zero attached hydrogens (tertiary/aromatic N) is 1. The van der Waals surface area contributed by atoms with E-state index in [1.54, 1.807) is 31.4 Å². The largest absolute Gasteiger partial charge is 0.497 e. The highest BCUT2D eigenvalue weighted by molar-refractivity contribution is 6.03. The summed E-state index contributed by atoms with van der Waals surface area (Å²) >= 11 is 0. The molecule has 9 heteroatoms. The molecule has 2 unspecified atom stereocenters. The summed E-state index contributed by atoms with van der Waals surface area (Å²) in [5.74, 6) is -1.58. The first-order valence-electron chi connectivity index (χ1n) is 13.7. The fraction of sp³-hybridized carbons (Fsp3) is 0.500. The van der Waals surface area contributed by atoms with Crippen LogP contribution in [-0.4, -0.2) is 65.2 Å². The third-order valence-corrected chi connectivity index (χ3v) is 8.30. The van der Waals surface area contributed by atoms with Gasteiger partial charge in [-0.15, -0.1) is 0 Å². The molecule has 39 heavy (non-hydrogen) atoms. The number of amides is 3. The van der Waals surface area contributed by atoms with Crippen LogP contribution in [0.3, 0.4) is 0 Å². The molecule has 5 rings (SSSR count). The Labute approximate surface area is 228 Å². The molecule has 2 aromatic carbocycles. The minimum atomic E-state index is -1.13. The topological polar surface area (TPSA) is 117 Å². The maximum atomic E-state index is 14.2. The molecule has 2 bridgehead atoms. The number of carbonyl (C=O) groups excluding carboxylic acids is 3. The fourth-order valence-electron chi connectivity index (χ4n) is 6.69. The summed E-state index contributed by atoms with van der Waals surface area (Å²) in [5, 5.41) is 16.3. The average Bonchev–Trinajstić information content (AvgIpc) is 3.58. The summed E-state index contributed by atoms with van der Waals surface area (Å²) < 4.78 is 11.7. The first kappa shape index (κ1) is 27.1. The molecule has 2 aromatic rings. The summed E-state index contributed by atoms with van der Waals surface area (Å²) in [6, 6.07) is 15.0. The van der Waals surface area contributed by atoms with Crippen LogP contribution in [-0.2, 0) is 25.7 Å². The summed E-state index contributed by atoms with van der Waals surface area (Å²) in [6.07, 6.45) is 1.16. The molecular weight excluding hydrogens is 498 g/mol. The smallest absolute Gasteiger partial charge is 0.250 e. The number of nitrogens with one attached hydrogen (secondary N) is 2.